The van der Waals surface area contributed by atoms with E-state index in [-0.39, 0.29) is 0 Å². The van der Waals surface area contributed by atoms with Crippen LogP contribution in [0.5, 0.6) is 0 Å². The lowest BCUT2D eigenvalue weighted by molar-refractivity contribution is 0.461. The Morgan fingerprint density at radius 1 is 1.54 bits per heavy atom. The van der Waals surface area contributed by atoms with Gasteiger partial charge in [0.15, 0.2) is 0 Å². The number of nitrogens with zero attached hydrogens (tertiary/aromatic N) is 2. The summed E-state index contributed by atoms with van der Waals surface area (Å²) in [5.41, 5.74) is 1.39. The van der Waals surface area contributed by atoms with Gasteiger partial charge >= 0.3 is 0 Å². The normalized spacial score (nSPS) is 26.2. The van der Waals surface area contributed by atoms with Crippen LogP contribution in [-0.2, 0) is 0 Å². The van der Waals surface area contributed by atoms with E-state index in [4.69, 9.17) is 0 Å². The Kier molecular flexibility index (Phi) is 1.98. The van der Waals surface area contributed by atoms with E-state index in [2.05, 4.69) is 48.9 Å². The summed E-state index contributed by atoms with van der Waals surface area (Å²) in [4.78, 5) is 6.89. The SMILES string of the molecule is CC1CN2C(C(C)C)=CC=CC2=N1. The van der Waals surface area contributed by atoms with E-state index in [1.165, 1.54) is 5.70 Å². The molecule has 0 aromatic rings. The molecule has 2 heteroatoms. The fourth-order valence-electron chi connectivity index (χ4n) is 1.89. The van der Waals surface area contributed by atoms with Gasteiger partial charge in [-0.15, -0.1) is 0 Å². The maximum absolute atomic E-state index is 4.56. The molecule has 1 unspecified atom stereocenters. The van der Waals surface area contributed by atoms with Crippen molar-refractivity contribution in [2.75, 3.05) is 6.54 Å². The molecular weight excluding hydrogens is 160 g/mol. The van der Waals surface area contributed by atoms with Gasteiger partial charge in [-0.1, -0.05) is 19.9 Å². The first-order valence-corrected chi connectivity index (χ1v) is 4.92. The maximum Gasteiger partial charge on any atom is 0.128 e. The van der Waals surface area contributed by atoms with Gasteiger partial charge in [0.25, 0.3) is 0 Å². The molecule has 0 amide bonds. The summed E-state index contributed by atoms with van der Waals surface area (Å²) in [5.74, 6) is 1.72. The van der Waals surface area contributed by atoms with Crippen molar-refractivity contribution in [1.82, 2.24) is 4.90 Å². The minimum Gasteiger partial charge on any atom is -0.328 e. The molecule has 2 heterocycles. The molecule has 0 saturated carbocycles. The monoisotopic (exact) mass is 176 g/mol. The molecule has 0 saturated heterocycles. The van der Waals surface area contributed by atoms with Crippen LogP contribution in [0.15, 0.2) is 28.9 Å². The highest BCUT2D eigenvalue weighted by Gasteiger charge is 2.25. The van der Waals surface area contributed by atoms with Crippen LogP contribution >= 0.6 is 0 Å². The van der Waals surface area contributed by atoms with Gasteiger partial charge in [-0.3, -0.25) is 4.99 Å². The standard InChI is InChI=1S/C11H16N2/c1-8(2)10-5-4-6-11-12-9(3)7-13(10)11/h4-6,8-9H,7H2,1-3H3. The third-order valence-corrected chi connectivity index (χ3v) is 2.49. The molecule has 2 nitrogen and oxygen atoms in total. The number of hydrogen-bond donors (Lipinski definition) is 0. The highest BCUT2D eigenvalue weighted by molar-refractivity contribution is 5.97. The largest absolute Gasteiger partial charge is 0.328 e. The second-order valence-corrected chi connectivity index (χ2v) is 4.05. The molecule has 0 aromatic heterocycles. The predicted molar refractivity (Wildman–Crippen MR) is 55.7 cm³/mol. The summed E-state index contributed by atoms with van der Waals surface area (Å²) in [6.45, 7) is 7.66. The highest BCUT2D eigenvalue weighted by Crippen LogP contribution is 2.24. The molecule has 2 aliphatic heterocycles. The third kappa shape index (κ3) is 1.41. The quantitative estimate of drug-likeness (QED) is 0.598. The lowest BCUT2D eigenvalue weighted by atomic mass is 10.1. The van der Waals surface area contributed by atoms with Crippen LogP contribution in [0, 0.1) is 5.92 Å². The second-order valence-electron chi connectivity index (χ2n) is 4.05. The minimum absolute atomic E-state index is 0.444. The summed E-state index contributed by atoms with van der Waals surface area (Å²) < 4.78 is 0. The van der Waals surface area contributed by atoms with Gasteiger partial charge < -0.3 is 4.90 Å². The van der Waals surface area contributed by atoms with E-state index < -0.39 is 0 Å². The molecule has 13 heavy (non-hydrogen) atoms. The van der Waals surface area contributed by atoms with Crippen molar-refractivity contribution in [2.24, 2.45) is 10.9 Å². The zero-order chi connectivity index (χ0) is 9.42. The topological polar surface area (TPSA) is 15.6 Å². The van der Waals surface area contributed by atoms with Gasteiger partial charge in [0.1, 0.15) is 5.84 Å². The molecule has 0 bridgehead atoms. The molecule has 0 radical (unpaired) electrons. The van der Waals surface area contributed by atoms with Gasteiger partial charge in [0.2, 0.25) is 0 Å². The number of allylic oxidation sites excluding steroid dienone is 3. The van der Waals surface area contributed by atoms with E-state index in [9.17, 15) is 0 Å². The van der Waals surface area contributed by atoms with Crippen molar-refractivity contribution in [2.45, 2.75) is 26.8 Å². The van der Waals surface area contributed by atoms with E-state index >= 15 is 0 Å². The Morgan fingerprint density at radius 3 is 3.00 bits per heavy atom. The number of aliphatic imine (C=N–C) groups is 1. The molecular formula is C11H16N2. The number of fused-ring (bicyclic) bond motifs is 1. The summed E-state index contributed by atoms with van der Waals surface area (Å²) in [5, 5.41) is 0. The Hall–Kier alpha value is -1.05. The number of hydrogen-bond acceptors (Lipinski definition) is 2. The van der Waals surface area contributed by atoms with Gasteiger partial charge in [0, 0.05) is 12.2 Å². The van der Waals surface area contributed by atoms with Gasteiger partial charge in [-0.05, 0) is 25.0 Å². The first-order chi connectivity index (χ1) is 6.18. The van der Waals surface area contributed by atoms with Crippen molar-refractivity contribution in [3.05, 3.63) is 23.9 Å². The van der Waals surface area contributed by atoms with Crippen LogP contribution in [0.1, 0.15) is 20.8 Å². The van der Waals surface area contributed by atoms with Crippen molar-refractivity contribution in [3.63, 3.8) is 0 Å². The predicted octanol–water partition coefficient (Wildman–Crippen LogP) is 2.20. The third-order valence-electron chi connectivity index (χ3n) is 2.49. The van der Waals surface area contributed by atoms with Crippen molar-refractivity contribution in [1.29, 1.82) is 0 Å². The average molecular weight is 176 g/mol. The highest BCUT2D eigenvalue weighted by atomic mass is 15.3. The first-order valence-electron chi connectivity index (χ1n) is 4.92. The summed E-state index contributed by atoms with van der Waals surface area (Å²) in [6.07, 6.45) is 6.39. The van der Waals surface area contributed by atoms with E-state index in [1.807, 2.05) is 0 Å². The molecule has 0 aromatic carbocycles. The smallest absolute Gasteiger partial charge is 0.128 e. The van der Waals surface area contributed by atoms with Crippen LogP contribution in [-0.4, -0.2) is 23.3 Å². The molecule has 0 fully saturated rings. The Bertz CT molecular complexity index is 297. The fourth-order valence-corrected chi connectivity index (χ4v) is 1.89. The molecule has 70 valence electrons. The van der Waals surface area contributed by atoms with Crippen LogP contribution in [0.2, 0.25) is 0 Å². The average Bonchev–Trinajstić information content (AvgIpc) is 2.43. The zero-order valence-electron chi connectivity index (χ0n) is 8.49. The lowest BCUT2D eigenvalue weighted by Gasteiger charge is -2.27. The first kappa shape index (κ1) is 8.54. The van der Waals surface area contributed by atoms with Crippen LogP contribution in [0.3, 0.4) is 0 Å². The van der Waals surface area contributed by atoms with E-state index in [0.717, 1.165) is 12.4 Å². The molecule has 1 atom stereocenters. The molecule has 0 N–H and O–H groups in total. The fraction of sp³-hybridized carbons (Fsp3) is 0.545. The molecule has 0 spiro atoms. The Morgan fingerprint density at radius 2 is 2.31 bits per heavy atom. The lowest BCUT2D eigenvalue weighted by Crippen LogP contribution is -2.30. The zero-order valence-corrected chi connectivity index (χ0v) is 8.49. The maximum atomic E-state index is 4.56. The van der Waals surface area contributed by atoms with Crippen molar-refractivity contribution in [3.8, 4) is 0 Å². The molecule has 2 rings (SSSR count). The minimum atomic E-state index is 0.444. The van der Waals surface area contributed by atoms with Crippen molar-refractivity contribution < 1.29 is 0 Å². The summed E-state index contributed by atoms with van der Waals surface area (Å²) in [6, 6.07) is 0.444. The molecule has 0 aliphatic carbocycles. The van der Waals surface area contributed by atoms with Gasteiger partial charge in [0.05, 0.1) is 6.04 Å². The Balaban J connectivity index is 2.29. The summed E-state index contributed by atoms with van der Waals surface area (Å²) >= 11 is 0. The molecule has 2 aliphatic rings. The van der Waals surface area contributed by atoms with Crippen molar-refractivity contribution >= 4 is 5.84 Å². The summed E-state index contributed by atoms with van der Waals surface area (Å²) in [7, 11) is 0. The number of amidine groups is 1. The van der Waals surface area contributed by atoms with E-state index in [0.29, 0.717) is 12.0 Å². The number of rotatable bonds is 1. The Labute approximate surface area is 79.7 Å². The second kappa shape index (κ2) is 3.02. The van der Waals surface area contributed by atoms with Gasteiger partial charge in [-0.2, -0.15) is 0 Å². The van der Waals surface area contributed by atoms with Crippen LogP contribution < -0.4 is 0 Å². The van der Waals surface area contributed by atoms with E-state index in [1.54, 1.807) is 0 Å². The van der Waals surface area contributed by atoms with Crippen LogP contribution in [0.4, 0.5) is 0 Å². The van der Waals surface area contributed by atoms with Crippen LogP contribution in [0.25, 0.3) is 0 Å². The van der Waals surface area contributed by atoms with Gasteiger partial charge in [-0.25, -0.2) is 0 Å².